The molecule has 1 aromatic carbocycles. The number of hydrogen-bond acceptors (Lipinski definition) is 4. The highest BCUT2D eigenvalue weighted by Crippen LogP contribution is 2.37. The van der Waals surface area contributed by atoms with Gasteiger partial charge in [-0.3, -0.25) is 4.79 Å². The molecule has 1 aliphatic heterocycles. The summed E-state index contributed by atoms with van der Waals surface area (Å²) < 4.78 is 10.8. The Hall–Kier alpha value is -1.46. The fraction of sp³-hybridized carbons (Fsp3) is 0.300. The molecule has 3 N–H and O–H groups in total. The first-order valence-electron chi connectivity index (χ1n) is 4.70. The topological polar surface area (TPSA) is 73.6 Å². The van der Waals surface area contributed by atoms with Gasteiger partial charge in [0, 0.05) is 0 Å². The molecule has 0 spiro atoms. The summed E-state index contributed by atoms with van der Waals surface area (Å²) >= 11 is 0. The maximum absolute atomic E-state index is 11.1. The molecule has 1 aliphatic rings. The molecule has 1 heterocycles. The van der Waals surface area contributed by atoms with E-state index in [1.54, 1.807) is 18.2 Å². The number of hydrogen-bond donors (Lipinski definition) is 2. The Morgan fingerprint density at radius 2 is 2.12 bits per heavy atom. The van der Waals surface area contributed by atoms with Crippen molar-refractivity contribution in [3.63, 3.8) is 0 Å². The van der Waals surface area contributed by atoms with Crippen LogP contribution in [0.4, 0.5) is 5.69 Å². The Morgan fingerprint density at radius 1 is 1.38 bits per heavy atom. The van der Waals surface area contributed by atoms with Crippen LogP contribution in [-0.4, -0.2) is 25.7 Å². The number of carbonyl (C=O) groups is 1. The number of nitrogens with one attached hydrogen (secondary N) is 1. The molecule has 1 amide bonds. The van der Waals surface area contributed by atoms with Crippen LogP contribution < -0.4 is 20.5 Å². The van der Waals surface area contributed by atoms with Gasteiger partial charge in [-0.25, -0.2) is 0 Å². The zero-order chi connectivity index (χ0) is 10.7. The number of fused-ring (bicyclic) bond motifs is 1. The molecule has 0 aliphatic carbocycles. The monoisotopic (exact) mass is 244 g/mol. The molecule has 0 aromatic heterocycles. The van der Waals surface area contributed by atoms with E-state index in [2.05, 4.69) is 5.32 Å². The maximum Gasteiger partial charge on any atom is 0.238 e. The van der Waals surface area contributed by atoms with E-state index in [9.17, 15) is 4.79 Å². The van der Waals surface area contributed by atoms with Crippen molar-refractivity contribution in [2.45, 2.75) is 0 Å². The molecule has 6 heteroatoms. The minimum atomic E-state index is -0.252. The van der Waals surface area contributed by atoms with Gasteiger partial charge in [-0.05, 0) is 12.1 Å². The summed E-state index contributed by atoms with van der Waals surface area (Å²) in [6, 6.07) is 5.34. The van der Waals surface area contributed by atoms with E-state index >= 15 is 0 Å². The lowest BCUT2D eigenvalue weighted by Crippen LogP contribution is -2.23. The van der Waals surface area contributed by atoms with Crippen molar-refractivity contribution < 1.29 is 14.3 Å². The van der Waals surface area contributed by atoms with Gasteiger partial charge < -0.3 is 20.5 Å². The molecular formula is C10H13ClN2O3. The van der Waals surface area contributed by atoms with Crippen LogP contribution >= 0.6 is 12.4 Å². The van der Waals surface area contributed by atoms with Gasteiger partial charge in [0.1, 0.15) is 13.2 Å². The zero-order valence-corrected chi connectivity index (χ0v) is 9.38. The molecule has 0 radical (unpaired) electrons. The summed E-state index contributed by atoms with van der Waals surface area (Å²) in [6.45, 7) is 0.967. The predicted molar refractivity (Wildman–Crippen MR) is 62.4 cm³/mol. The third kappa shape index (κ3) is 2.56. The van der Waals surface area contributed by atoms with Crippen molar-refractivity contribution in [1.82, 2.24) is 0 Å². The van der Waals surface area contributed by atoms with Crippen molar-refractivity contribution >= 4 is 24.0 Å². The van der Waals surface area contributed by atoms with Gasteiger partial charge >= 0.3 is 0 Å². The normalized spacial score (nSPS) is 12.6. The maximum atomic E-state index is 11.1. The molecule has 16 heavy (non-hydrogen) atoms. The van der Waals surface area contributed by atoms with Gasteiger partial charge in [0.25, 0.3) is 0 Å². The standard InChI is InChI=1S/C10H12N2O3.ClH/c11-6-9(13)12-7-2-1-3-8-10(7)15-5-4-14-8;/h1-3H,4-6,11H2,(H,12,13);1H. The summed E-state index contributed by atoms with van der Waals surface area (Å²) in [7, 11) is 0. The van der Waals surface area contributed by atoms with Crippen LogP contribution in [-0.2, 0) is 4.79 Å². The largest absolute Gasteiger partial charge is 0.486 e. The first-order chi connectivity index (χ1) is 7.31. The van der Waals surface area contributed by atoms with Crippen molar-refractivity contribution in [2.24, 2.45) is 5.73 Å². The number of nitrogens with two attached hydrogens (primary N) is 1. The third-order valence-corrected chi connectivity index (χ3v) is 2.03. The SMILES string of the molecule is Cl.NCC(=O)Nc1cccc2c1OCCO2. The lowest BCUT2D eigenvalue weighted by atomic mass is 10.2. The van der Waals surface area contributed by atoms with Crippen LogP contribution in [0.2, 0.25) is 0 Å². The Bertz CT molecular complexity index is 384. The number of amides is 1. The zero-order valence-electron chi connectivity index (χ0n) is 8.56. The minimum absolute atomic E-state index is 0. The molecular weight excluding hydrogens is 232 g/mol. The minimum Gasteiger partial charge on any atom is -0.486 e. The molecule has 0 unspecified atom stereocenters. The second-order valence-electron chi connectivity index (χ2n) is 3.08. The van der Waals surface area contributed by atoms with E-state index in [0.29, 0.717) is 30.4 Å². The molecule has 5 nitrogen and oxygen atoms in total. The Kier molecular flexibility index (Phi) is 4.39. The van der Waals surface area contributed by atoms with Gasteiger partial charge in [-0.1, -0.05) is 6.07 Å². The molecule has 1 aromatic rings. The summed E-state index contributed by atoms with van der Waals surface area (Å²) in [5.74, 6) is 0.971. The molecule has 88 valence electrons. The van der Waals surface area contributed by atoms with Crippen LogP contribution in [0.1, 0.15) is 0 Å². The molecule has 0 saturated carbocycles. The van der Waals surface area contributed by atoms with Crippen molar-refractivity contribution in [3.05, 3.63) is 18.2 Å². The first kappa shape index (κ1) is 12.6. The average molecular weight is 245 g/mol. The Morgan fingerprint density at radius 3 is 2.88 bits per heavy atom. The summed E-state index contributed by atoms with van der Waals surface area (Å²) in [5, 5.41) is 2.65. The number of carbonyl (C=O) groups excluding carboxylic acids is 1. The fourth-order valence-electron chi connectivity index (χ4n) is 1.37. The Balaban J connectivity index is 0.00000128. The van der Waals surface area contributed by atoms with Gasteiger partial charge in [-0.2, -0.15) is 0 Å². The summed E-state index contributed by atoms with van der Waals surface area (Å²) in [6.07, 6.45) is 0. The van der Waals surface area contributed by atoms with E-state index in [1.807, 2.05) is 0 Å². The van der Waals surface area contributed by atoms with E-state index in [1.165, 1.54) is 0 Å². The lowest BCUT2D eigenvalue weighted by Gasteiger charge is -2.20. The number of rotatable bonds is 2. The van der Waals surface area contributed by atoms with E-state index in [-0.39, 0.29) is 24.9 Å². The number of para-hydroxylation sites is 1. The highest BCUT2D eigenvalue weighted by Gasteiger charge is 2.16. The second kappa shape index (κ2) is 5.58. The van der Waals surface area contributed by atoms with Crippen LogP contribution in [0.15, 0.2) is 18.2 Å². The van der Waals surface area contributed by atoms with Gasteiger partial charge in [-0.15, -0.1) is 12.4 Å². The molecule has 0 saturated heterocycles. The van der Waals surface area contributed by atoms with E-state index in [0.717, 1.165) is 0 Å². The Labute approximate surface area is 99.3 Å². The lowest BCUT2D eigenvalue weighted by molar-refractivity contribution is -0.114. The van der Waals surface area contributed by atoms with Crippen LogP contribution in [0.5, 0.6) is 11.5 Å². The average Bonchev–Trinajstić information content (AvgIpc) is 2.29. The van der Waals surface area contributed by atoms with Crippen molar-refractivity contribution in [3.8, 4) is 11.5 Å². The summed E-state index contributed by atoms with van der Waals surface area (Å²) in [5.41, 5.74) is 5.81. The van der Waals surface area contributed by atoms with Crippen LogP contribution in [0.3, 0.4) is 0 Å². The van der Waals surface area contributed by atoms with Gasteiger partial charge in [0.05, 0.1) is 12.2 Å². The second-order valence-corrected chi connectivity index (χ2v) is 3.08. The van der Waals surface area contributed by atoms with Gasteiger partial charge in [0.15, 0.2) is 11.5 Å². The number of benzene rings is 1. The predicted octanol–water partition coefficient (Wildman–Crippen LogP) is 0.777. The quantitative estimate of drug-likeness (QED) is 0.806. The van der Waals surface area contributed by atoms with Crippen molar-refractivity contribution in [1.29, 1.82) is 0 Å². The number of ether oxygens (including phenoxy) is 2. The fourth-order valence-corrected chi connectivity index (χ4v) is 1.37. The molecule has 0 atom stereocenters. The molecule has 0 fully saturated rings. The molecule has 2 rings (SSSR count). The third-order valence-electron chi connectivity index (χ3n) is 2.03. The summed E-state index contributed by atoms with van der Waals surface area (Å²) in [4.78, 5) is 11.1. The molecule has 0 bridgehead atoms. The highest BCUT2D eigenvalue weighted by atomic mass is 35.5. The van der Waals surface area contributed by atoms with Crippen molar-refractivity contribution in [2.75, 3.05) is 25.1 Å². The van der Waals surface area contributed by atoms with Crippen LogP contribution in [0, 0.1) is 0 Å². The van der Waals surface area contributed by atoms with Gasteiger partial charge in [0.2, 0.25) is 5.91 Å². The van der Waals surface area contributed by atoms with E-state index in [4.69, 9.17) is 15.2 Å². The van der Waals surface area contributed by atoms with E-state index < -0.39 is 0 Å². The smallest absolute Gasteiger partial charge is 0.238 e. The highest BCUT2D eigenvalue weighted by molar-refractivity contribution is 5.94. The first-order valence-corrected chi connectivity index (χ1v) is 4.70. The number of halogens is 1. The number of anilines is 1. The van der Waals surface area contributed by atoms with Crippen LogP contribution in [0.25, 0.3) is 0 Å².